The van der Waals surface area contributed by atoms with Gasteiger partial charge >= 0.3 is 0 Å². The van der Waals surface area contributed by atoms with E-state index in [2.05, 4.69) is 34.2 Å². The zero-order chi connectivity index (χ0) is 16.9. The molecule has 0 atom stereocenters. The molecule has 7 nitrogen and oxygen atoms in total. The minimum Gasteiger partial charge on any atom is -0.378 e. The van der Waals surface area contributed by atoms with Crippen molar-refractivity contribution in [1.29, 1.82) is 0 Å². The summed E-state index contributed by atoms with van der Waals surface area (Å²) in [6.45, 7) is 7.75. The van der Waals surface area contributed by atoms with Crippen LogP contribution in [0.2, 0.25) is 0 Å². The molecule has 1 aliphatic heterocycles. The molecule has 1 amide bonds. The fraction of sp³-hybridized carbons (Fsp3) is 0.562. The Hall–Kier alpha value is -1.93. The van der Waals surface area contributed by atoms with Gasteiger partial charge < -0.3 is 19.5 Å². The van der Waals surface area contributed by atoms with Crippen molar-refractivity contribution < 1.29 is 14.1 Å². The van der Waals surface area contributed by atoms with E-state index >= 15 is 0 Å². The second-order valence-electron chi connectivity index (χ2n) is 6.18. The third-order valence-electron chi connectivity index (χ3n) is 3.65. The first-order chi connectivity index (χ1) is 11.6. The zero-order valence-electron chi connectivity index (χ0n) is 13.9. The van der Waals surface area contributed by atoms with Gasteiger partial charge in [0.1, 0.15) is 0 Å². The van der Waals surface area contributed by atoms with Crippen LogP contribution in [0.5, 0.6) is 0 Å². The number of thiazole rings is 1. The van der Waals surface area contributed by atoms with Gasteiger partial charge in [0.2, 0.25) is 5.76 Å². The van der Waals surface area contributed by atoms with E-state index in [1.54, 1.807) is 17.4 Å². The number of amides is 1. The number of aromatic nitrogens is 2. The fourth-order valence-corrected chi connectivity index (χ4v) is 3.35. The van der Waals surface area contributed by atoms with Crippen molar-refractivity contribution in [2.24, 2.45) is 5.92 Å². The van der Waals surface area contributed by atoms with Gasteiger partial charge in [0.05, 0.1) is 31.1 Å². The third-order valence-corrected chi connectivity index (χ3v) is 4.60. The van der Waals surface area contributed by atoms with Crippen molar-refractivity contribution in [3.8, 4) is 0 Å². The van der Waals surface area contributed by atoms with Gasteiger partial charge in [-0.3, -0.25) is 4.79 Å². The first kappa shape index (κ1) is 16.9. The Balaban J connectivity index is 1.52. The van der Waals surface area contributed by atoms with E-state index in [-0.39, 0.29) is 11.7 Å². The Kier molecular flexibility index (Phi) is 5.47. The van der Waals surface area contributed by atoms with Gasteiger partial charge in [0.25, 0.3) is 5.91 Å². The van der Waals surface area contributed by atoms with Crippen LogP contribution >= 0.6 is 11.3 Å². The Bertz CT molecular complexity index is 676. The summed E-state index contributed by atoms with van der Waals surface area (Å²) in [4.78, 5) is 18.9. The highest BCUT2D eigenvalue weighted by Crippen LogP contribution is 2.21. The van der Waals surface area contributed by atoms with E-state index < -0.39 is 0 Å². The normalized spacial score (nSPS) is 15.0. The molecule has 1 fully saturated rings. The smallest absolute Gasteiger partial charge is 0.290 e. The molecule has 2 aromatic heterocycles. The average Bonchev–Trinajstić information content (AvgIpc) is 3.22. The molecule has 0 saturated carbocycles. The molecule has 3 rings (SSSR count). The molecule has 0 spiro atoms. The summed E-state index contributed by atoms with van der Waals surface area (Å²) < 4.78 is 10.5. The molecule has 0 aliphatic carbocycles. The summed E-state index contributed by atoms with van der Waals surface area (Å²) in [5.41, 5.74) is 1.65. The van der Waals surface area contributed by atoms with E-state index in [4.69, 9.17) is 9.26 Å². The van der Waals surface area contributed by atoms with E-state index in [1.807, 2.05) is 5.38 Å². The molecule has 1 aliphatic rings. The van der Waals surface area contributed by atoms with Crippen molar-refractivity contribution in [3.05, 3.63) is 28.6 Å². The topological polar surface area (TPSA) is 80.5 Å². The zero-order valence-corrected chi connectivity index (χ0v) is 14.8. The minimum atomic E-state index is -0.265. The standard InChI is InChI=1S/C16H22N4O3S/c1-11(2)7-12-8-14(23-19-12)15(21)17-9-13-10-24-16(18-13)20-3-5-22-6-4-20/h8,10-11H,3-7,9H2,1-2H3,(H,17,21). The van der Waals surface area contributed by atoms with Crippen LogP contribution in [0.4, 0.5) is 5.13 Å². The number of hydrogen-bond acceptors (Lipinski definition) is 7. The Morgan fingerprint density at radius 2 is 2.17 bits per heavy atom. The van der Waals surface area contributed by atoms with Gasteiger partial charge in [-0.15, -0.1) is 11.3 Å². The van der Waals surface area contributed by atoms with Crippen LogP contribution in [0.25, 0.3) is 0 Å². The second-order valence-corrected chi connectivity index (χ2v) is 7.02. The molecule has 1 saturated heterocycles. The largest absolute Gasteiger partial charge is 0.378 e. The number of ether oxygens (including phenoxy) is 1. The summed E-state index contributed by atoms with van der Waals surface area (Å²) in [7, 11) is 0. The number of nitrogens with one attached hydrogen (secondary N) is 1. The summed E-state index contributed by atoms with van der Waals surface area (Å²) >= 11 is 1.59. The molecule has 1 N–H and O–H groups in total. The van der Waals surface area contributed by atoms with Crippen LogP contribution in [0.15, 0.2) is 16.0 Å². The molecular weight excluding hydrogens is 328 g/mol. The van der Waals surface area contributed by atoms with E-state index in [1.165, 1.54) is 0 Å². The molecule has 130 valence electrons. The SMILES string of the molecule is CC(C)Cc1cc(C(=O)NCc2csc(N3CCOCC3)n2)on1. The number of carbonyl (C=O) groups excluding carboxylic acids is 1. The van der Waals surface area contributed by atoms with Crippen LogP contribution in [0.1, 0.15) is 35.8 Å². The van der Waals surface area contributed by atoms with Gasteiger partial charge in [0, 0.05) is 24.5 Å². The Labute approximate surface area is 145 Å². The monoisotopic (exact) mass is 350 g/mol. The van der Waals surface area contributed by atoms with Gasteiger partial charge in [-0.25, -0.2) is 4.98 Å². The molecule has 0 aromatic carbocycles. The molecule has 24 heavy (non-hydrogen) atoms. The number of morpholine rings is 1. The highest BCUT2D eigenvalue weighted by molar-refractivity contribution is 7.13. The molecule has 8 heteroatoms. The summed E-state index contributed by atoms with van der Waals surface area (Å²) in [5, 5.41) is 9.70. The maximum absolute atomic E-state index is 12.1. The molecule has 0 radical (unpaired) electrons. The lowest BCUT2D eigenvalue weighted by Gasteiger charge is -2.26. The maximum Gasteiger partial charge on any atom is 0.290 e. The van der Waals surface area contributed by atoms with Crippen LogP contribution in [0.3, 0.4) is 0 Å². The lowest BCUT2D eigenvalue weighted by molar-refractivity contribution is 0.0913. The summed E-state index contributed by atoms with van der Waals surface area (Å²) in [5.74, 6) is 0.451. The van der Waals surface area contributed by atoms with Gasteiger partial charge in [-0.1, -0.05) is 19.0 Å². The lowest BCUT2D eigenvalue weighted by atomic mass is 10.1. The molecule has 0 unspecified atom stereocenters. The predicted octanol–water partition coefficient (Wildman–Crippen LogP) is 2.10. The number of carbonyl (C=O) groups is 1. The van der Waals surface area contributed by atoms with Crippen LogP contribution < -0.4 is 10.2 Å². The average molecular weight is 350 g/mol. The predicted molar refractivity (Wildman–Crippen MR) is 91.4 cm³/mol. The van der Waals surface area contributed by atoms with Crippen LogP contribution in [0, 0.1) is 5.92 Å². The molecular formula is C16H22N4O3S. The Morgan fingerprint density at radius 3 is 2.92 bits per heavy atom. The van der Waals surface area contributed by atoms with Crippen molar-refractivity contribution in [2.45, 2.75) is 26.8 Å². The van der Waals surface area contributed by atoms with E-state index in [0.29, 0.717) is 12.5 Å². The van der Waals surface area contributed by atoms with Crippen molar-refractivity contribution in [1.82, 2.24) is 15.5 Å². The molecule has 3 heterocycles. The van der Waals surface area contributed by atoms with Gasteiger partial charge in [0.15, 0.2) is 5.13 Å². The fourth-order valence-electron chi connectivity index (χ4n) is 2.47. The van der Waals surface area contributed by atoms with Crippen LogP contribution in [-0.4, -0.2) is 42.4 Å². The first-order valence-electron chi connectivity index (χ1n) is 8.12. The van der Waals surface area contributed by atoms with Gasteiger partial charge in [-0.2, -0.15) is 0 Å². The second kappa shape index (κ2) is 7.76. The number of nitrogens with zero attached hydrogens (tertiary/aromatic N) is 3. The number of rotatable bonds is 6. The van der Waals surface area contributed by atoms with Crippen LogP contribution in [-0.2, 0) is 17.7 Å². The molecule has 0 bridgehead atoms. The minimum absolute atomic E-state index is 0.245. The highest BCUT2D eigenvalue weighted by atomic mass is 32.1. The Morgan fingerprint density at radius 1 is 1.38 bits per heavy atom. The number of hydrogen-bond donors (Lipinski definition) is 1. The van der Waals surface area contributed by atoms with Crippen molar-refractivity contribution in [3.63, 3.8) is 0 Å². The summed E-state index contributed by atoms with van der Waals surface area (Å²) in [6, 6.07) is 1.70. The highest BCUT2D eigenvalue weighted by Gasteiger charge is 2.16. The van der Waals surface area contributed by atoms with Gasteiger partial charge in [-0.05, 0) is 12.3 Å². The first-order valence-corrected chi connectivity index (χ1v) is 9.00. The maximum atomic E-state index is 12.1. The number of anilines is 1. The molecule has 2 aromatic rings. The van der Waals surface area contributed by atoms with E-state index in [9.17, 15) is 4.79 Å². The van der Waals surface area contributed by atoms with Crippen molar-refractivity contribution in [2.75, 3.05) is 31.2 Å². The summed E-state index contributed by atoms with van der Waals surface area (Å²) in [6.07, 6.45) is 0.797. The van der Waals surface area contributed by atoms with Crippen molar-refractivity contribution >= 4 is 22.4 Å². The quantitative estimate of drug-likeness (QED) is 0.859. The third kappa shape index (κ3) is 4.33. The van der Waals surface area contributed by atoms with E-state index in [0.717, 1.165) is 49.2 Å². The lowest BCUT2D eigenvalue weighted by Crippen LogP contribution is -2.36.